The number of imidazole rings is 2. The van der Waals surface area contributed by atoms with E-state index in [1.807, 2.05) is 107 Å². The number of nitrogens with zero attached hydrogens (tertiary/aromatic N) is 8. The summed E-state index contributed by atoms with van der Waals surface area (Å²) in [6.07, 6.45) is 4.51. The van der Waals surface area contributed by atoms with Crippen LogP contribution in [0.25, 0.3) is 54.4 Å². The fraction of sp³-hybridized carbons (Fsp3) is 0.389. The summed E-state index contributed by atoms with van der Waals surface area (Å²) in [5.41, 5.74) is 9.65. The SMILES string of the molecule is CC(=O)O.CC(C)(C)OC(=O)N[C@@H](CC(=O)N1CCC[C@@H](C(=O)Nc2ccc([N+](=O)[O-])cc2N)C1)Cc1ccc2ccccc2c1.CC(C)(C)OC(=O)N[C@@H](CC(=O)N1CCC[C@@H](c2nc3ccc([N+](=O)[O-])cc3[nH]2)C1)Cc1ccc2ccccc2c1.CC(C)(C)OC(=O)N[C@@H](CC(=O)N1CCC[C@@H](c2nc3ccc([N+](=O)[O-])cc3[nH]2)C1)Cc1ccc2ccccc2c1. The molecule has 674 valence electrons. The molecule has 14 rings (SSSR count). The number of aromatic nitrogens is 4. The monoisotopic (exact) mass is 1750 g/mol. The zero-order valence-corrected chi connectivity index (χ0v) is 73.6. The van der Waals surface area contributed by atoms with Crippen LogP contribution >= 0.6 is 0 Å². The number of aromatic amines is 2. The Bertz CT molecular complexity index is 5650. The molecule has 33 heteroatoms. The molecule has 128 heavy (non-hydrogen) atoms. The lowest BCUT2D eigenvalue weighted by molar-refractivity contribution is -0.384. The van der Waals surface area contributed by atoms with Crippen molar-refractivity contribution in [2.24, 2.45) is 5.92 Å². The number of nitrogens with two attached hydrogens (primary N) is 1. The highest BCUT2D eigenvalue weighted by atomic mass is 16.6. The van der Waals surface area contributed by atoms with Gasteiger partial charge in [0.2, 0.25) is 23.6 Å². The van der Waals surface area contributed by atoms with Crippen molar-refractivity contribution in [3.05, 3.63) is 241 Å². The Hall–Kier alpha value is -14.1. The number of alkyl carbamates (subject to hydrolysis) is 3. The lowest BCUT2D eigenvalue weighted by atomic mass is 9.95. The molecule has 3 aliphatic heterocycles. The fourth-order valence-corrected chi connectivity index (χ4v) is 15.8. The van der Waals surface area contributed by atoms with Gasteiger partial charge < -0.3 is 71.0 Å². The number of nitro groups is 3. The topological polar surface area (TPSA) is 455 Å². The number of hydrogen-bond donors (Lipinski definition) is 8. The molecule has 9 N–H and O–H groups in total. The van der Waals surface area contributed by atoms with Crippen molar-refractivity contribution in [1.29, 1.82) is 0 Å². The van der Waals surface area contributed by atoms with Crippen LogP contribution in [0.3, 0.4) is 0 Å². The molecule has 5 heterocycles. The number of likely N-dealkylation sites (tertiary alicyclic amines) is 3. The molecule has 7 amide bonds. The van der Waals surface area contributed by atoms with E-state index in [0.29, 0.717) is 86.9 Å². The Balaban J connectivity index is 0.000000182. The summed E-state index contributed by atoms with van der Waals surface area (Å²) in [4.78, 5) is 154. The summed E-state index contributed by atoms with van der Waals surface area (Å²) in [6.45, 7) is 20.2. The fourth-order valence-electron chi connectivity index (χ4n) is 15.8. The maximum Gasteiger partial charge on any atom is 0.407 e. The second-order valence-electron chi connectivity index (χ2n) is 35.5. The minimum absolute atomic E-state index is 0.00286. The van der Waals surface area contributed by atoms with Gasteiger partial charge in [-0.15, -0.1) is 0 Å². The van der Waals surface area contributed by atoms with Crippen molar-refractivity contribution in [2.45, 2.75) is 193 Å². The van der Waals surface area contributed by atoms with Crippen molar-refractivity contribution >= 4 is 131 Å². The molecular weight excluding hydrogens is 1640 g/mol. The van der Waals surface area contributed by atoms with E-state index in [4.69, 9.17) is 29.8 Å². The van der Waals surface area contributed by atoms with Crippen LogP contribution in [0.2, 0.25) is 0 Å². The van der Waals surface area contributed by atoms with Gasteiger partial charge in [0, 0.05) is 132 Å². The van der Waals surface area contributed by atoms with Crippen molar-refractivity contribution in [2.75, 3.05) is 50.3 Å². The van der Waals surface area contributed by atoms with Crippen molar-refractivity contribution < 1.29 is 72.4 Å². The Morgan fingerprint density at radius 3 is 1.11 bits per heavy atom. The molecule has 0 saturated carbocycles. The van der Waals surface area contributed by atoms with Gasteiger partial charge in [-0.2, -0.15) is 0 Å². The van der Waals surface area contributed by atoms with E-state index in [9.17, 15) is 63.9 Å². The highest BCUT2D eigenvalue weighted by Gasteiger charge is 2.35. The van der Waals surface area contributed by atoms with E-state index in [1.54, 1.807) is 79.3 Å². The molecule has 33 nitrogen and oxygen atoms in total. The van der Waals surface area contributed by atoms with Crippen LogP contribution in [0, 0.1) is 36.3 Å². The number of carboxylic acids is 1. The maximum atomic E-state index is 13.6. The van der Waals surface area contributed by atoms with Crippen molar-refractivity contribution in [1.82, 2.24) is 50.6 Å². The van der Waals surface area contributed by atoms with Crippen molar-refractivity contribution in [3.63, 3.8) is 0 Å². The van der Waals surface area contributed by atoms with Gasteiger partial charge >= 0.3 is 18.3 Å². The first-order valence-electron chi connectivity index (χ1n) is 42.8. The number of rotatable bonds is 22. The smallest absolute Gasteiger partial charge is 0.407 e. The third kappa shape index (κ3) is 27.9. The Kier molecular flexibility index (Phi) is 31.2. The average Bonchev–Trinajstić information content (AvgIpc) is 1.66. The Labute approximate surface area is 740 Å². The van der Waals surface area contributed by atoms with Gasteiger partial charge in [0.1, 0.15) is 28.5 Å². The zero-order valence-electron chi connectivity index (χ0n) is 73.6. The molecule has 2 aromatic heterocycles. The van der Waals surface area contributed by atoms with Gasteiger partial charge in [0.25, 0.3) is 23.0 Å². The molecule has 9 aromatic carbocycles. The number of aliphatic carboxylic acids is 1. The first kappa shape index (κ1) is 94.5. The van der Waals surface area contributed by atoms with Gasteiger partial charge in [-0.1, -0.05) is 127 Å². The highest BCUT2D eigenvalue weighted by molar-refractivity contribution is 5.96. The van der Waals surface area contributed by atoms with E-state index in [2.05, 4.69) is 71.5 Å². The van der Waals surface area contributed by atoms with Gasteiger partial charge in [0.15, 0.2) is 0 Å². The highest BCUT2D eigenvalue weighted by Crippen LogP contribution is 2.34. The minimum Gasteiger partial charge on any atom is -0.481 e. The predicted molar refractivity (Wildman–Crippen MR) is 488 cm³/mol. The standard InChI is InChI=1S/C31H37N5O6.2C31H35N5O5.C2H4O2/c1-31(2,3)42-30(39)33-24(16-20-10-11-21-7-4-5-8-22(21)15-20)17-28(37)35-14-6-9-23(19-35)29(38)34-27-13-12-25(36(40)41)18-26(27)32;2*1-31(2,3)41-30(38)32-24(16-20-10-11-21-7-4-5-8-22(21)15-20)17-28(37)35-14-6-9-23(19-35)29-33-26-13-12-25(36(39)40)18-27(26)34-29;1-2(3)4/h4-5,7-8,10-13,15,18,23-24H,6,9,14,16-17,19,32H2,1-3H3,(H,33,39)(H,34,38);2*4-5,7-8,10-13,15,18,23-24H,6,9,14,16-17,19H2,1-3H3,(H,32,38)(H,33,34);1H3,(H,3,4)/t3*23-,24-;/m111./s1. The molecular formula is C95H111N15O18. The second kappa shape index (κ2) is 42.2. The van der Waals surface area contributed by atoms with Crippen LogP contribution in [-0.2, 0) is 57.4 Å². The molecule has 0 aliphatic carbocycles. The molecule has 3 fully saturated rings. The number of anilines is 2. The first-order valence-corrected chi connectivity index (χ1v) is 42.8. The molecule has 0 unspecified atom stereocenters. The number of ether oxygens (including phenoxy) is 3. The summed E-state index contributed by atoms with van der Waals surface area (Å²) in [5.74, 6) is -0.498. The number of carbonyl (C=O) groups is 8. The van der Waals surface area contributed by atoms with Crippen LogP contribution in [0.1, 0.15) is 167 Å². The van der Waals surface area contributed by atoms with Gasteiger partial charge in [-0.25, -0.2) is 24.4 Å². The summed E-state index contributed by atoms with van der Waals surface area (Å²) in [6, 6.07) is 54.1. The quantitative estimate of drug-likeness (QED) is 0.0135. The Morgan fingerprint density at radius 1 is 0.453 bits per heavy atom. The third-order valence-corrected chi connectivity index (χ3v) is 21.7. The van der Waals surface area contributed by atoms with Crippen LogP contribution < -0.4 is 27.0 Å². The molecule has 11 aromatic rings. The molecule has 3 saturated heterocycles. The van der Waals surface area contributed by atoms with Crippen LogP contribution in [-0.4, -0.2) is 177 Å². The molecule has 3 aliphatic rings. The van der Waals surface area contributed by atoms with E-state index in [1.165, 1.54) is 42.5 Å². The molecule has 0 spiro atoms. The number of non-ortho nitro benzene ring substituents is 3. The number of hydrogen-bond acceptors (Lipinski definition) is 20. The van der Waals surface area contributed by atoms with Gasteiger partial charge in [-0.3, -0.25) is 54.3 Å². The van der Waals surface area contributed by atoms with Crippen LogP contribution in [0.5, 0.6) is 0 Å². The van der Waals surface area contributed by atoms with Gasteiger partial charge in [-0.05, 0) is 187 Å². The summed E-state index contributed by atoms with van der Waals surface area (Å²) in [7, 11) is 0. The number of carboxylic acid groups (broad SMARTS) is 1. The number of fused-ring (bicyclic) bond motifs is 5. The average molecular weight is 1750 g/mol. The second-order valence-corrected chi connectivity index (χ2v) is 35.5. The number of H-pyrrole nitrogens is 2. The normalized spacial score (nSPS) is 16.0. The van der Waals surface area contributed by atoms with Crippen molar-refractivity contribution in [3.8, 4) is 0 Å². The maximum absolute atomic E-state index is 13.6. The molecule has 0 bridgehead atoms. The summed E-state index contributed by atoms with van der Waals surface area (Å²) in [5, 5.41) is 58.8. The zero-order chi connectivity index (χ0) is 92.3. The third-order valence-electron chi connectivity index (χ3n) is 21.7. The van der Waals surface area contributed by atoms with E-state index < -0.39 is 79.9 Å². The lowest BCUT2D eigenvalue weighted by Crippen LogP contribution is -2.47. The number of nitro benzene ring substituents is 3. The number of amides is 7. The van der Waals surface area contributed by atoms with Crippen LogP contribution in [0.15, 0.2) is 182 Å². The largest absolute Gasteiger partial charge is 0.481 e. The molecule has 6 atom stereocenters. The van der Waals surface area contributed by atoms with Gasteiger partial charge in [0.05, 0.1) is 54.1 Å². The number of nitrogen functional groups attached to an aromatic ring is 1. The molecule has 0 radical (unpaired) electrons. The van der Waals surface area contributed by atoms with E-state index in [0.717, 1.165) is 93.3 Å². The summed E-state index contributed by atoms with van der Waals surface area (Å²) >= 11 is 0. The first-order chi connectivity index (χ1) is 60.7. The Morgan fingerprint density at radius 2 is 0.773 bits per heavy atom. The minimum atomic E-state index is -0.833. The van der Waals surface area contributed by atoms with E-state index >= 15 is 0 Å². The number of carbonyl (C=O) groups excluding carboxylic acids is 7. The van der Waals surface area contributed by atoms with Crippen LogP contribution in [0.4, 0.5) is 42.8 Å². The van der Waals surface area contributed by atoms with E-state index in [-0.39, 0.29) is 89.7 Å². The lowest BCUT2D eigenvalue weighted by Gasteiger charge is -2.33. The number of benzene rings is 9. The number of nitrogens with one attached hydrogen (secondary N) is 6. The summed E-state index contributed by atoms with van der Waals surface area (Å²) < 4.78 is 16.5. The number of piperidine rings is 3. The predicted octanol–water partition coefficient (Wildman–Crippen LogP) is 16.8.